The molecule has 7 nitrogen and oxygen atoms in total. The van der Waals surface area contributed by atoms with Crippen LogP contribution in [-0.2, 0) is 18.3 Å². The van der Waals surface area contributed by atoms with Crippen LogP contribution >= 0.6 is 0 Å². The Kier molecular flexibility index (Phi) is 5.27. The molecule has 0 saturated carbocycles. The van der Waals surface area contributed by atoms with Gasteiger partial charge in [0.25, 0.3) is 0 Å². The molecule has 2 amide bonds. The molecular formula is C19H25N5O2. The molecule has 26 heavy (non-hydrogen) atoms. The fraction of sp³-hybridized carbons (Fsp3) is 0.368. The van der Waals surface area contributed by atoms with Crippen LogP contribution in [0.4, 0.5) is 10.5 Å². The van der Waals surface area contributed by atoms with Gasteiger partial charge in [-0.3, -0.25) is 4.68 Å². The van der Waals surface area contributed by atoms with Crippen molar-refractivity contribution >= 4 is 22.6 Å². The van der Waals surface area contributed by atoms with Gasteiger partial charge in [-0.05, 0) is 44.2 Å². The second kappa shape index (κ2) is 7.61. The number of aryl methyl sites for hydroxylation is 3. The van der Waals surface area contributed by atoms with Gasteiger partial charge in [-0.15, -0.1) is 0 Å². The van der Waals surface area contributed by atoms with Crippen molar-refractivity contribution in [2.75, 3.05) is 19.0 Å². The molecule has 0 bridgehead atoms. The Balaban J connectivity index is 1.74. The van der Waals surface area contributed by atoms with Crippen LogP contribution in [0.3, 0.4) is 0 Å². The number of carbonyl (C=O) groups excluding carboxylic acids is 1. The number of hydrogen-bond acceptors (Lipinski definition) is 3. The van der Waals surface area contributed by atoms with Crippen LogP contribution in [-0.4, -0.2) is 34.1 Å². The summed E-state index contributed by atoms with van der Waals surface area (Å²) in [5.74, 6) is 0. The normalized spacial score (nSPS) is 12.3. The van der Waals surface area contributed by atoms with E-state index < -0.39 is 0 Å². The van der Waals surface area contributed by atoms with Crippen molar-refractivity contribution in [1.82, 2.24) is 19.7 Å². The fourth-order valence-corrected chi connectivity index (χ4v) is 3.33. The number of methoxy groups -OCH3 is 1. The Morgan fingerprint density at radius 2 is 2.12 bits per heavy atom. The van der Waals surface area contributed by atoms with Crippen molar-refractivity contribution in [1.29, 1.82) is 0 Å². The maximum absolute atomic E-state index is 12.5. The number of fused-ring (bicyclic) bond motifs is 1. The minimum absolute atomic E-state index is 0.278. The lowest BCUT2D eigenvalue weighted by atomic mass is 10.2. The predicted molar refractivity (Wildman–Crippen MR) is 102 cm³/mol. The number of ether oxygens (including phenoxy) is 1. The standard InChI is InChI=1S/C19H25N5O2/c1-5-24-13(2)10-14-11-15(6-7-17(14)24)21-19(25)22-16(12-26-4)18-8-9-20-23(18)3/h6-11,16H,5,12H2,1-4H3,(H2,21,22,25)/t16-/m0/s1. The molecule has 1 atom stereocenters. The molecule has 2 heterocycles. The highest BCUT2D eigenvalue weighted by Gasteiger charge is 2.18. The summed E-state index contributed by atoms with van der Waals surface area (Å²) in [6.45, 7) is 5.50. The van der Waals surface area contributed by atoms with Crippen LogP contribution in [0, 0.1) is 6.92 Å². The number of hydrogen-bond donors (Lipinski definition) is 2. The van der Waals surface area contributed by atoms with Crippen molar-refractivity contribution in [3.8, 4) is 0 Å². The molecule has 1 aromatic carbocycles. The van der Waals surface area contributed by atoms with E-state index in [9.17, 15) is 4.79 Å². The van der Waals surface area contributed by atoms with Crippen molar-refractivity contribution in [3.05, 3.63) is 47.9 Å². The zero-order valence-corrected chi connectivity index (χ0v) is 15.6. The molecular weight excluding hydrogens is 330 g/mol. The lowest BCUT2D eigenvalue weighted by Crippen LogP contribution is -2.35. The zero-order chi connectivity index (χ0) is 18.7. The molecule has 0 aliphatic carbocycles. The average Bonchev–Trinajstić information content (AvgIpc) is 3.16. The number of amides is 2. The molecule has 3 rings (SSSR count). The summed E-state index contributed by atoms with van der Waals surface area (Å²) in [6.07, 6.45) is 1.70. The molecule has 7 heteroatoms. The van der Waals surface area contributed by atoms with Gasteiger partial charge in [0.05, 0.1) is 18.3 Å². The van der Waals surface area contributed by atoms with Crippen LogP contribution in [0.2, 0.25) is 0 Å². The molecule has 2 aromatic heterocycles. The SMILES string of the molecule is CCn1c(C)cc2cc(NC(=O)N[C@@H](COC)c3ccnn3C)ccc21. The lowest BCUT2D eigenvalue weighted by molar-refractivity contribution is 0.165. The fourth-order valence-electron chi connectivity index (χ4n) is 3.33. The van der Waals surface area contributed by atoms with E-state index in [1.807, 2.05) is 31.3 Å². The molecule has 0 aliphatic heterocycles. The third kappa shape index (κ3) is 3.57. The highest BCUT2D eigenvalue weighted by molar-refractivity contribution is 5.93. The first-order valence-electron chi connectivity index (χ1n) is 8.67. The number of nitrogens with zero attached hydrogens (tertiary/aromatic N) is 3. The molecule has 0 radical (unpaired) electrons. The van der Waals surface area contributed by atoms with E-state index in [-0.39, 0.29) is 12.1 Å². The summed E-state index contributed by atoms with van der Waals surface area (Å²) >= 11 is 0. The topological polar surface area (TPSA) is 73.1 Å². The lowest BCUT2D eigenvalue weighted by Gasteiger charge is -2.18. The van der Waals surface area contributed by atoms with Crippen LogP contribution in [0.25, 0.3) is 10.9 Å². The molecule has 2 N–H and O–H groups in total. The zero-order valence-electron chi connectivity index (χ0n) is 15.6. The van der Waals surface area contributed by atoms with Crippen LogP contribution < -0.4 is 10.6 Å². The summed E-state index contributed by atoms with van der Waals surface area (Å²) < 4.78 is 9.21. The number of anilines is 1. The van der Waals surface area contributed by atoms with E-state index >= 15 is 0 Å². The molecule has 138 valence electrons. The largest absolute Gasteiger partial charge is 0.382 e. The van der Waals surface area contributed by atoms with Gasteiger partial charge in [-0.25, -0.2) is 4.79 Å². The predicted octanol–water partition coefficient (Wildman–Crippen LogP) is 3.21. The van der Waals surface area contributed by atoms with E-state index in [1.54, 1.807) is 18.0 Å². The minimum atomic E-state index is -0.278. The third-order valence-electron chi connectivity index (χ3n) is 4.54. The van der Waals surface area contributed by atoms with Crippen LogP contribution in [0.1, 0.15) is 24.4 Å². The summed E-state index contributed by atoms with van der Waals surface area (Å²) in [7, 11) is 3.45. The van der Waals surface area contributed by atoms with Crippen LogP contribution in [0.5, 0.6) is 0 Å². The second-order valence-electron chi connectivity index (χ2n) is 6.29. The first-order valence-corrected chi connectivity index (χ1v) is 8.67. The van der Waals surface area contributed by atoms with E-state index in [0.717, 1.165) is 23.3 Å². The highest BCUT2D eigenvalue weighted by Crippen LogP contribution is 2.23. The van der Waals surface area contributed by atoms with E-state index in [4.69, 9.17) is 4.74 Å². The highest BCUT2D eigenvalue weighted by atomic mass is 16.5. The molecule has 0 aliphatic rings. The Hall–Kier alpha value is -2.80. The van der Waals surface area contributed by atoms with Gasteiger partial charge in [0, 0.05) is 49.2 Å². The van der Waals surface area contributed by atoms with Gasteiger partial charge in [0.2, 0.25) is 0 Å². The van der Waals surface area contributed by atoms with Gasteiger partial charge in [-0.2, -0.15) is 5.10 Å². The van der Waals surface area contributed by atoms with Gasteiger partial charge in [0.15, 0.2) is 0 Å². The third-order valence-corrected chi connectivity index (χ3v) is 4.54. The van der Waals surface area contributed by atoms with E-state index in [0.29, 0.717) is 6.61 Å². The number of urea groups is 1. The van der Waals surface area contributed by atoms with Gasteiger partial charge >= 0.3 is 6.03 Å². The Morgan fingerprint density at radius 1 is 1.31 bits per heavy atom. The summed E-state index contributed by atoms with van der Waals surface area (Å²) in [5.41, 5.74) is 4.01. The Labute approximate surface area is 152 Å². The van der Waals surface area contributed by atoms with Crippen molar-refractivity contribution in [2.45, 2.75) is 26.4 Å². The quantitative estimate of drug-likeness (QED) is 0.713. The van der Waals surface area contributed by atoms with Crippen molar-refractivity contribution in [2.24, 2.45) is 7.05 Å². The minimum Gasteiger partial charge on any atom is -0.382 e. The monoisotopic (exact) mass is 355 g/mol. The van der Waals surface area contributed by atoms with Crippen molar-refractivity contribution < 1.29 is 9.53 Å². The molecule has 0 fully saturated rings. The smallest absolute Gasteiger partial charge is 0.319 e. The molecule has 3 aromatic rings. The maximum atomic E-state index is 12.5. The number of nitrogens with one attached hydrogen (secondary N) is 2. The first kappa shape index (κ1) is 18.0. The van der Waals surface area contributed by atoms with Gasteiger partial charge in [-0.1, -0.05) is 0 Å². The Morgan fingerprint density at radius 3 is 2.77 bits per heavy atom. The van der Waals surface area contributed by atoms with Crippen LogP contribution in [0.15, 0.2) is 36.5 Å². The van der Waals surface area contributed by atoms with E-state index in [2.05, 4.69) is 40.2 Å². The van der Waals surface area contributed by atoms with Gasteiger partial charge in [0.1, 0.15) is 0 Å². The second-order valence-corrected chi connectivity index (χ2v) is 6.29. The first-order chi connectivity index (χ1) is 12.5. The molecule has 0 spiro atoms. The number of rotatable bonds is 6. The summed E-state index contributed by atoms with van der Waals surface area (Å²) in [4.78, 5) is 12.5. The molecule has 0 unspecified atom stereocenters. The molecule has 0 saturated heterocycles. The average molecular weight is 355 g/mol. The van der Waals surface area contributed by atoms with Crippen molar-refractivity contribution in [3.63, 3.8) is 0 Å². The number of carbonyl (C=O) groups is 1. The Bertz CT molecular complexity index is 912. The van der Waals surface area contributed by atoms with E-state index in [1.165, 1.54) is 11.2 Å². The maximum Gasteiger partial charge on any atom is 0.319 e. The number of aromatic nitrogens is 3. The number of benzene rings is 1. The summed E-state index contributed by atoms with van der Waals surface area (Å²) in [5, 5.41) is 11.1. The van der Waals surface area contributed by atoms with Gasteiger partial charge < -0.3 is 19.9 Å². The summed E-state index contributed by atoms with van der Waals surface area (Å²) in [6, 6.07) is 9.39.